The quantitative estimate of drug-likeness (QED) is 0.890. The molecule has 1 N–H and O–H groups in total. The van der Waals surface area contributed by atoms with Gasteiger partial charge in [-0.1, -0.05) is 13.0 Å². The summed E-state index contributed by atoms with van der Waals surface area (Å²) in [5, 5.41) is 3.31. The number of benzene rings is 1. The van der Waals surface area contributed by atoms with Crippen LogP contribution in [0.25, 0.3) is 0 Å². The number of rotatable bonds is 4. The summed E-state index contributed by atoms with van der Waals surface area (Å²) in [7, 11) is 0. The molecule has 1 atom stereocenters. The Bertz CT molecular complexity index is 599. The zero-order valence-electron chi connectivity index (χ0n) is 11.4. The molecule has 1 aliphatic rings. The average molecular weight is 293 g/mol. The van der Waals surface area contributed by atoms with Gasteiger partial charge in [-0.05, 0) is 43.5 Å². The minimum absolute atomic E-state index is 0.184. The van der Waals surface area contributed by atoms with Crippen LogP contribution in [0.5, 0.6) is 0 Å². The van der Waals surface area contributed by atoms with E-state index in [0.29, 0.717) is 5.56 Å². The second-order valence-electron chi connectivity index (χ2n) is 5.11. The first-order valence-corrected chi connectivity index (χ1v) is 7.80. The third kappa shape index (κ3) is 2.50. The molecule has 3 rings (SSSR count). The van der Waals surface area contributed by atoms with Gasteiger partial charge in [-0.3, -0.25) is 0 Å². The normalized spacial score (nSPS) is 15.3. The van der Waals surface area contributed by atoms with Gasteiger partial charge in [0, 0.05) is 21.4 Å². The van der Waals surface area contributed by atoms with Crippen molar-refractivity contribution in [2.75, 3.05) is 6.54 Å². The van der Waals surface area contributed by atoms with Crippen molar-refractivity contribution in [3.8, 4) is 0 Å². The van der Waals surface area contributed by atoms with Crippen LogP contribution in [-0.4, -0.2) is 6.54 Å². The molecule has 0 spiro atoms. The molecule has 0 bridgehead atoms. The number of halogens is 2. The van der Waals surface area contributed by atoms with Crippen molar-refractivity contribution in [2.45, 2.75) is 32.2 Å². The lowest BCUT2D eigenvalue weighted by Crippen LogP contribution is -2.22. The summed E-state index contributed by atoms with van der Waals surface area (Å²) in [6, 6.07) is 5.83. The van der Waals surface area contributed by atoms with Crippen LogP contribution in [-0.2, 0) is 12.8 Å². The SMILES string of the molecule is CCNC(c1cc2c(s1)CCC2)c1ccc(F)cc1F. The molecule has 106 valence electrons. The highest BCUT2D eigenvalue weighted by Gasteiger charge is 2.23. The average Bonchev–Trinajstić information content (AvgIpc) is 2.97. The molecule has 1 aromatic heterocycles. The smallest absolute Gasteiger partial charge is 0.131 e. The van der Waals surface area contributed by atoms with Gasteiger partial charge >= 0.3 is 0 Å². The van der Waals surface area contributed by atoms with E-state index in [4.69, 9.17) is 0 Å². The second-order valence-corrected chi connectivity index (χ2v) is 6.28. The lowest BCUT2D eigenvalue weighted by atomic mass is 10.0. The van der Waals surface area contributed by atoms with Crippen LogP contribution in [0.1, 0.15) is 40.3 Å². The van der Waals surface area contributed by atoms with E-state index in [-0.39, 0.29) is 6.04 Å². The third-order valence-corrected chi connectivity index (χ3v) is 5.03. The first-order valence-electron chi connectivity index (χ1n) is 6.99. The highest BCUT2D eigenvalue weighted by Crippen LogP contribution is 2.36. The van der Waals surface area contributed by atoms with Crippen molar-refractivity contribution in [1.82, 2.24) is 5.32 Å². The number of hydrogen-bond acceptors (Lipinski definition) is 2. The molecular weight excluding hydrogens is 276 g/mol. The zero-order valence-corrected chi connectivity index (χ0v) is 12.2. The molecule has 1 aliphatic carbocycles. The lowest BCUT2D eigenvalue weighted by Gasteiger charge is -2.18. The Labute approximate surface area is 121 Å². The van der Waals surface area contributed by atoms with Crippen LogP contribution in [0.3, 0.4) is 0 Å². The van der Waals surface area contributed by atoms with E-state index in [1.807, 2.05) is 6.92 Å². The number of thiophene rings is 1. The number of aryl methyl sites for hydroxylation is 2. The predicted molar refractivity (Wildman–Crippen MR) is 78.2 cm³/mol. The maximum absolute atomic E-state index is 14.0. The molecule has 1 unspecified atom stereocenters. The minimum Gasteiger partial charge on any atom is -0.306 e. The van der Waals surface area contributed by atoms with Gasteiger partial charge in [-0.15, -0.1) is 11.3 Å². The predicted octanol–water partition coefficient (Wildman–Crippen LogP) is 4.21. The van der Waals surface area contributed by atoms with Crippen molar-refractivity contribution < 1.29 is 8.78 Å². The molecule has 0 radical (unpaired) electrons. The standard InChI is InChI=1S/C16H17F2NS/c1-2-19-16(12-7-6-11(17)9-13(12)18)15-8-10-4-3-5-14(10)20-15/h6-9,16,19H,2-5H2,1H3. The van der Waals surface area contributed by atoms with Gasteiger partial charge in [-0.2, -0.15) is 0 Å². The summed E-state index contributed by atoms with van der Waals surface area (Å²) in [6.07, 6.45) is 3.47. The molecule has 0 fully saturated rings. The highest BCUT2D eigenvalue weighted by molar-refractivity contribution is 7.12. The van der Waals surface area contributed by atoms with Crippen LogP contribution in [0.4, 0.5) is 8.78 Å². The van der Waals surface area contributed by atoms with Crippen LogP contribution in [0, 0.1) is 11.6 Å². The van der Waals surface area contributed by atoms with Gasteiger partial charge in [0.1, 0.15) is 11.6 Å². The topological polar surface area (TPSA) is 12.0 Å². The largest absolute Gasteiger partial charge is 0.306 e. The summed E-state index contributed by atoms with van der Waals surface area (Å²) in [6.45, 7) is 2.74. The maximum Gasteiger partial charge on any atom is 0.131 e. The third-order valence-electron chi connectivity index (χ3n) is 3.73. The van der Waals surface area contributed by atoms with Crippen LogP contribution >= 0.6 is 11.3 Å². The Morgan fingerprint density at radius 2 is 2.10 bits per heavy atom. The molecule has 20 heavy (non-hydrogen) atoms. The van der Waals surface area contributed by atoms with E-state index in [0.717, 1.165) is 30.3 Å². The molecule has 4 heteroatoms. The fraction of sp³-hybridized carbons (Fsp3) is 0.375. The van der Waals surface area contributed by atoms with E-state index >= 15 is 0 Å². The van der Waals surface area contributed by atoms with Crippen LogP contribution in [0.2, 0.25) is 0 Å². The monoisotopic (exact) mass is 293 g/mol. The summed E-state index contributed by atoms with van der Waals surface area (Å²) < 4.78 is 27.1. The van der Waals surface area contributed by atoms with Crippen molar-refractivity contribution in [1.29, 1.82) is 0 Å². The summed E-state index contributed by atoms with van der Waals surface area (Å²) in [5.41, 5.74) is 1.92. The Balaban J connectivity index is 1.99. The first-order chi connectivity index (χ1) is 9.69. The van der Waals surface area contributed by atoms with Crippen LogP contribution in [0.15, 0.2) is 24.3 Å². The molecule has 1 aromatic carbocycles. The van der Waals surface area contributed by atoms with Gasteiger partial charge in [0.05, 0.1) is 6.04 Å². The summed E-state index contributed by atoms with van der Waals surface area (Å²) >= 11 is 1.75. The Morgan fingerprint density at radius 3 is 2.80 bits per heavy atom. The van der Waals surface area contributed by atoms with Crippen molar-refractivity contribution in [2.24, 2.45) is 0 Å². The molecular formula is C16H17F2NS. The van der Waals surface area contributed by atoms with Gasteiger partial charge < -0.3 is 5.32 Å². The van der Waals surface area contributed by atoms with Gasteiger partial charge in [0.15, 0.2) is 0 Å². The maximum atomic E-state index is 14.0. The van der Waals surface area contributed by atoms with E-state index in [2.05, 4.69) is 11.4 Å². The van der Waals surface area contributed by atoms with E-state index in [9.17, 15) is 8.78 Å². The lowest BCUT2D eigenvalue weighted by molar-refractivity contribution is 0.543. The first kappa shape index (κ1) is 13.7. The summed E-state index contributed by atoms with van der Waals surface area (Å²) in [4.78, 5) is 2.55. The molecule has 0 aliphatic heterocycles. The molecule has 0 saturated carbocycles. The fourth-order valence-electron chi connectivity index (χ4n) is 2.80. The minimum atomic E-state index is -0.532. The zero-order chi connectivity index (χ0) is 14.1. The van der Waals surface area contributed by atoms with Crippen molar-refractivity contribution in [3.05, 3.63) is 56.8 Å². The number of fused-ring (bicyclic) bond motifs is 1. The number of hydrogen-bond donors (Lipinski definition) is 1. The second kappa shape index (κ2) is 5.62. The highest BCUT2D eigenvalue weighted by atomic mass is 32.1. The molecule has 1 heterocycles. The fourth-order valence-corrected chi connectivity index (χ4v) is 4.15. The van der Waals surface area contributed by atoms with E-state index < -0.39 is 11.6 Å². The van der Waals surface area contributed by atoms with Gasteiger partial charge in [0.25, 0.3) is 0 Å². The summed E-state index contributed by atoms with van der Waals surface area (Å²) in [5.74, 6) is -1.01. The Kier molecular flexibility index (Phi) is 3.85. The van der Waals surface area contributed by atoms with Crippen molar-refractivity contribution in [3.63, 3.8) is 0 Å². The van der Waals surface area contributed by atoms with Gasteiger partial charge in [0.2, 0.25) is 0 Å². The Hall–Kier alpha value is -1.26. The molecule has 1 nitrogen and oxygen atoms in total. The van der Waals surface area contributed by atoms with Gasteiger partial charge in [-0.25, -0.2) is 8.78 Å². The molecule has 0 saturated heterocycles. The molecule has 0 amide bonds. The molecule has 2 aromatic rings. The number of nitrogens with one attached hydrogen (secondary N) is 1. The van der Waals surface area contributed by atoms with E-state index in [1.54, 1.807) is 17.4 Å². The van der Waals surface area contributed by atoms with Crippen molar-refractivity contribution >= 4 is 11.3 Å². The van der Waals surface area contributed by atoms with E-state index in [1.165, 1.54) is 22.9 Å². The Morgan fingerprint density at radius 1 is 1.25 bits per heavy atom. The van der Waals surface area contributed by atoms with Crippen LogP contribution < -0.4 is 5.32 Å².